The van der Waals surface area contributed by atoms with Crippen molar-refractivity contribution in [2.45, 2.75) is 34.1 Å². The van der Waals surface area contributed by atoms with Gasteiger partial charge in [-0.2, -0.15) is 0 Å². The van der Waals surface area contributed by atoms with Crippen molar-refractivity contribution in [2.24, 2.45) is 5.41 Å². The maximum Gasteiger partial charge on any atom is 0 e. The molecule has 0 fully saturated rings. The van der Waals surface area contributed by atoms with Crippen molar-refractivity contribution in [3.63, 3.8) is 0 Å². The van der Waals surface area contributed by atoms with Crippen LogP contribution in [0.4, 0.5) is 0 Å². The van der Waals surface area contributed by atoms with E-state index in [1.165, 1.54) is 11.1 Å². The molecule has 0 unspecified atom stereocenters. The van der Waals surface area contributed by atoms with Crippen molar-refractivity contribution in [1.29, 1.82) is 0 Å². The Bertz CT molecular complexity index is 241. The molecule has 0 aliphatic carbocycles. The summed E-state index contributed by atoms with van der Waals surface area (Å²) in [6, 6.07) is 8.81. The average molecular weight is 166 g/mol. The van der Waals surface area contributed by atoms with Crippen LogP contribution in [0.5, 0.6) is 0 Å². The fourth-order valence-electron chi connectivity index (χ4n) is 1.32. The molecule has 1 aromatic carbocycles. The predicted molar refractivity (Wildman–Crippen MR) is 56.5 cm³/mol. The summed E-state index contributed by atoms with van der Waals surface area (Å²) in [5.74, 6) is 0. The van der Waals surface area contributed by atoms with Gasteiger partial charge in [-0.25, -0.2) is 0 Å². The predicted octanol–water partition coefficient (Wildman–Crippen LogP) is 3.83. The van der Waals surface area contributed by atoms with Gasteiger partial charge in [0.15, 0.2) is 0 Å². The third kappa shape index (κ3) is 3.08. The molecule has 0 N–H and O–H groups in total. The summed E-state index contributed by atoms with van der Waals surface area (Å²) in [7, 11) is 0. The van der Waals surface area contributed by atoms with E-state index in [9.17, 15) is 0 Å². The maximum absolute atomic E-state index is 2.27. The molecule has 0 spiro atoms. The molecule has 0 atom stereocenters. The second-order valence-corrected chi connectivity index (χ2v) is 4.72. The van der Waals surface area contributed by atoms with Crippen LogP contribution in [0.25, 0.3) is 0 Å². The van der Waals surface area contributed by atoms with Gasteiger partial charge in [-0.1, -0.05) is 50.6 Å². The number of hydrogen-bond acceptors (Lipinski definition) is 0. The van der Waals surface area contributed by atoms with Crippen LogP contribution in [0.1, 0.15) is 33.3 Å². The highest BCUT2D eigenvalue weighted by atomic mass is 14.1. The van der Waals surface area contributed by atoms with Crippen LogP contribution in [-0.2, 0) is 6.42 Å². The smallest absolute Gasteiger partial charge is 0 e. The molecular weight excluding hydrogens is 144 g/mol. The number of benzene rings is 1. The minimum absolute atomic E-state index is 0. The first-order valence-electron chi connectivity index (χ1n) is 4.53. The first kappa shape index (κ1) is 9.31. The van der Waals surface area contributed by atoms with E-state index in [1.54, 1.807) is 0 Å². The molecule has 0 saturated heterocycles. The molecule has 0 heteroatoms. The lowest BCUT2D eigenvalue weighted by Gasteiger charge is -2.17. The van der Waals surface area contributed by atoms with E-state index < -0.39 is 0 Å². The van der Waals surface area contributed by atoms with Gasteiger partial charge in [-0.15, -0.1) is 0 Å². The molecule has 0 amide bonds. The van der Waals surface area contributed by atoms with Gasteiger partial charge in [-0.05, 0) is 24.3 Å². The standard InChI is InChI=1S/C12H18.H2/c1-10-5-7-11(8-6-10)9-12(2,3)4;/h5-8H,9H2,1-4H3;1H/i;1+2. The van der Waals surface area contributed by atoms with Crippen LogP contribution >= 0.6 is 0 Å². The Hall–Kier alpha value is -0.780. The first-order chi connectivity index (χ1) is 5.47. The average Bonchev–Trinajstić information content (AvgIpc) is 1.91. The van der Waals surface area contributed by atoms with Gasteiger partial charge in [-0.3, -0.25) is 0 Å². The Balaban J connectivity index is 0.00000144. The molecule has 1 rings (SSSR count). The monoisotopic (exact) mass is 166 g/mol. The molecular formula is C12H20. The zero-order valence-corrected chi connectivity index (χ0v) is 8.52. The molecule has 0 nitrogen and oxygen atoms in total. The lowest BCUT2D eigenvalue weighted by atomic mass is 9.88. The Morgan fingerprint density at radius 1 is 1.08 bits per heavy atom. The van der Waals surface area contributed by atoms with Gasteiger partial charge in [0.1, 0.15) is 0 Å². The van der Waals surface area contributed by atoms with E-state index in [0.717, 1.165) is 6.42 Å². The zero-order valence-electron chi connectivity index (χ0n) is 8.52. The Kier molecular flexibility index (Phi) is 2.56. The number of hydrogen-bond donors (Lipinski definition) is 0. The molecule has 0 aliphatic heterocycles. The molecule has 1 aromatic rings. The molecule has 0 aromatic heterocycles. The Labute approximate surface area is 77.1 Å². The van der Waals surface area contributed by atoms with Crippen LogP contribution in [0.2, 0.25) is 0 Å². The van der Waals surface area contributed by atoms with Crippen LogP contribution < -0.4 is 0 Å². The Morgan fingerprint density at radius 3 is 2.00 bits per heavy atom. The third-order valence-electron chi connectivity index (χ3n) is 1.86. The van der Waals surface area contributed by atoms with Crippen LogP contribution in [0.3, 0.4) is 0 Å². The fraction of sp³-hybridized carbons (Fsp3) is 0.500. The van der Waals surface area contributed by atoms with Crippen LogP contribution in [0.15, 0.2) is 24.3 Å². The van der Waals surface area contributed by atoms with E-state index >= 15 is 0 Å². The largest absolute Gasteiger partial charge is 0.0599 e. The lowest BCUT2D eigenvalue weighted by Crippen LogP contribution is -2.08. The first-order valence-corrected chi connectivity index (χ1v) is 4.53. The summed E-state index contributed by atoms with van der Waals surface area (Å²) in [4.78, 5) is 0. The van der Waals surface area contributed by atoms with E-state index in [2.05, 4.69) is 52.0 Å². The maximum atomic E-state index is 2.27. The molecule has 0 aliphatic rings. The summed E-state index contributed by atoms with van der Waals surface area (Å²) < 4.78 is 0. The highest BCUT2D eigenvalue weighted by molar-refractivity contribution is 5.21. The van der Waals surface area contributed by atoms with Crippen molar-refractivity contribution in [1.82, 2.24) is 0 Å². The van der Waals surface area contributed by atoms with Crippen LogP contribution in [-0.4, -0.2) is 0 Å². The van der Waals surface area contributed by atoms with E-state index in [-0.39, 0.29) is 1.43 Å². The second kappa shape index (κ2) is 3.30. The second-order valence-electron chi connectivity index (χ2n) is 4.72. The normalized spacial score (nSPS) is 11.7. The van der Waals surface area contributed by atoms with Crippen molar-refractivity contribution in [3.8, 4) is 0 Å². The van der Waals surface area contributed by atoms with Gasteiger partial charge in [0.05, 0.1) is 0 Å². The van der Waals surface area contributed by atoms with Gasteiger partial charge >= 0.3 is 0 Å². The zero-order chi connectivity index (χ0) is 9.19. The van der Waals surface area contributed by atoms with E-state index in [1.807, 2.05) is 0 Å². The van der Waals surface area contributed by atoms with Crippen LogP contribution in [0, 0.1) is 12.3 Å². The molecule has 0 saturated carbocycles. The van der Waals surface area contributed by atoms with Gasteiger partial charge in [0.25, 0.3) is 0 Å². The third-order valence-corrected chi connectivity index (χ3v) is 1.86. The van der Waals surface area contributed by atoms with E-state index in [0.29, 0.717) is 5.41 Å². The highest BCUT2D eigenvalue weighted by Crippen LogP contribution is 2.20. The summed E-state index contributed by atoms with van der Waals surface area (Å²) >= 11 is 0. The minimum Gasteiger partial charge on any atom is -0.0599 e. The van der Waals surface area contributed by atoms with Crippen molar-refractivity contribution in [2.75, 3.05) is 0 Å². The fourth-order valence-corrected chi connectivity index (χ4v) is 1.32. The minimum atomic E-state index is 0. The van der Waals surface area contributed by atoms with Crippen molar-refractivity contribution < 1.29 is 1.43 Å². The number of aryl methyl sites for hydroxylation is 1. The molecule has 68 valence electrons. The molecule has 0 bridgehead atoms. The highest BCUT2D eigenvalue weighted by Gasteiger charge is 2.10. The van der Waals surface area contributed by atoms with E-state index in [4.69, 9.17) is 0 Å². The SMILES string of the molecule is Cc1ccc(CC(C)(C)C)cc1.[3HH]. The lowest BCUT2D eigenvalue weighted by molar-refractivity contribution is 0.411. The summed E-state index contributed by atoms with van der Waals surface area (Å²) in [6.45, 7) is 8.94. The summed E-state index contributed by atoms with van der Waals surface area (Å²) in [5, 5.41) is 0. The summed E-state index contributed by atoms with van der Waals surface area (Å²) in [5.41, 5.74) is 3.18. The van der Waals surface area contributed by atoms with Crippen molar-refractivity contribution >= 4 is 0 Å². The van der Waals surface area contributed by atoms with Crippen molar-refractivity contribution in [3.05, 3.63) is 35.4 Å². The molecule has 0 radical (unpaired) electrons. The molecule has 12 heavy (non-hydrogen) atoms. The quantitative estimate of drug-likeness (QED) is 0.595. The van der Waals surface area contributed by atoms with Gasteiger partial charge in [0, 0.05) is 1.43 Å². The topological polar surface area (TPSA) is 0 Å². The summed E-state index contributed by atoms with van der Waals surface area (Å²) in [6.07, 6.45) is 1.16. The number of rotatable bonds is 1. The molecule has 0 heterocycles. The van der Waals surface area contributed by atoms with Gasteiger partial charge < -0.3 is 0 Å². The van der Waals surface area contributed by atoms with Gasteiger partial charge in [0.2, 0.25) is 0 Å². The Morgan fingerprint density at radius 2 is 1.58 bits per heavy atom.